The van der Waals surface area contributed by atoms with E-state index >= 15 is 0 Å². The van der Waals surface area contributed by atoms with Crippen LogP contribution in [-0.2, 0) is 47.7 Å². The van der Waals surface area contributed by atoms with Crippen LogP contribution in [0.2, 0.25) is 0 Å². The molecular formula is C10H10F4O3Zr. The molecule has 1 aromatic carbocycles. The topological polar surface area (TPSA) is 27.7 Å². The van der Waals surface area contributed by atoms with Gasteiger partial charge in [0.2, 0.25) is 0 Å². The van der Waals surface area contributed by atoms with Crippen molar-refractivity contribution in [2.75, 3.05) is 14.2 Å². The summed E-state index contributed by atoms with van der Waals surface area (Å²) in [6.07, 6.45) is 0. The summed E-state index contributed by atoms with van der Waals surface area (Å²) < 4.78 is 67.9. The fourth-order valence-corrected chi connectivity index (χ4v) is 2.07. The van der Waals surface area contributed by atoms with Crippen LogP contribution < -0.4 is 0 Å². The Hall–Kier alpha value is -0.297. The number of benzene rings is 1. The van der Waals surface area contributed by atoms with E-state index < -0.39 is 71.7 Å². The first kappa shape index (κ1) is 15.8. The Bertz CT molecular complexity index is 399. The van der Waals surface area contributed by atoms with Crippen LogP contribution in [0, 0.1) is 23.3 Å². The van der Waals surface area contributed by atoms with Gasteiger partial charge in [0.15, 0.2) is 0 Å². The SMILES string of the molecule is COCc1c(F)c(F)c(C[O][Zr][O]C)c(F)c1F. The van der Waals surface area contributed by atoms with Crippen LogP contribution in [0.15, 0.2) is 0 Å². The van der Waals surface area contributed by atoms with Crippen LogP contribution in [0.5, 0.6) is 0 Å². The van der Waals surface area contributed by atoms with Crippen molar-refractivity contribution in [1.29, 1.82) is 0 Å². The molecule has 0 saturated carbocycles. The van der Waals surface area contributed by atoms with E-state index in [1.807, 2.05) is 0 Å². The van der Waals surface area contributed by atoms with E-state index in [4.69, 9.17) is 2.81 Å². The number of ether oxygens (including phenoxy) is 1. The molecule has 0 bridgehead atoms. The van der Waals surface area contributed by atoms with Gasteiger partial charge >= 0.3 is 114 Å². The molecule has 0 aromatic heterocycles. The van der Waals surface area contributed by atoms with Crippen LogP contribution in [0.3, 0.4) is 0 Å². The van der Waals surface area contributed by atoms with Gasteiger partial charge in [-0.3, -0.25) is 0 Å². The Balaban J connectivity index is 3.13. The van der Waals surface area contributed by atoms with Gasteiger partial charge < -0.3 is 0 Å². The van der Waals surface area contributed by atoms with Gasteiger partial charge in [-0.1, -0.05) is 0 Å². The first-order valence-corrected chi connectivity index (χ1v) is 6.77. The van der Waals surface area contributed by atoms with Crippen molar-refractivity contribution in [2.24, 2.45) is 0 Å². The molecule has 0 aliphatic rings. The molecule has 0 spiro atoms. The molecule has 0 heterocycles. The first-order chi connectivity index (χ1) is 8.54. The van der Waals surface area contributed by atoms with Gasteiger partial charge in [0.1, 0.15) is 0 Å². The standard InChI is InChI=1S/C9H7F4O2.CH3O.Zr/c1-15-3-5-8(12)6(10)4(2-14)7(11)9(5)13;1-2;/h2-3H2,1H3;1H3;/q2*-1;+2. The Morgan fingerprint density at radius 1 is 0.833 bits per heavy atom. The second kappa shape index (κ2) is 7.33. The van der Waals surface area contributed by atoms with E-state index in [1.54, 1.807) is 0 Å². The summed E-state index contributed by atoms with van der Waals surface area (Å²) >= 11 is -1.66. The average Bonchev–Trinajstić information content (AvgIpc) is 2.36. The molecule has 3 nitrogen and oxygen atoms in total. The van der Waals surface area contributed by atoms with Gasteiger partial charge in [-0.25, -0.2) is 0 Å². The van der Waals surface area contributed by atoms with Crippen LogP contribution in [-0.4, -0.2) is 14.2 Å². The number of hydrogen-bond acceptors (Lipinski definition) is 3. The van der Waals surface area contributed by atoms with Crippen LogP contribution in [0.4, 0.5) is 17.6 Å². The molecule has 100 valence electrons. The van der Waals surface area contributed by atoms with Gasteiger partial charge in [0.05, 0.1) is 0 Å². The molecule has 0 atom stereocenters. The maximum atomic E-state index is 13.5. The Morgan fingerprint density at radius 2 is 1.28 bits per heavy atom. The number of rotatable bonds is 6. The van der Waals surface area contributed by atoms with Gasteiger partial charge in [-0.15, -0.1) is 0 Å². The molecular weight excluding hydrogens is 335 g/mol. The van der Waals surface area contributed by atoms with Gasteiger partial charge in [0.25, 0.3) is 0 Å². The molecule has 0 fully saturated rings. The van der Waals surface area contributed by atoms with Crippen molar-refractivity contribution in [3.8, 4) is 0 Å². The van der Waals surface area contributed by atoms with Gasteiger partial charge in [-0.2, -0.15) is 0 Å². The zero-order valence-electron chi connectivity index (χ0n) is 9.65. The summed E-state index contributed by atoms with van der Waals surface area (Å²) in [7, 11) is 2.54. The van der Waals surface area contributed by atoms with Crippen molar-refractivity contribution in [1.82, 2.24) is 0 Å². The molecule has 0 radical (unpaired) electrons. The zero-order valence-corrected chi connectivity index (χ0v) is 12.1. The predicted octanol–water partition coefficient (Wildman–Crippen LogP) is 2.46. The summed E-state index contributed by atoms with van der Waals surface area (Å²) in [4.78, 5) is 0. The molecule has 0 aliphatic heterocycles. The van der Waals surface area contributed by atoms with E-state index in [0.717, 1.165) is 7.11 Å². The minimum absolute atomic E-state index is 0.554. The molecule has 1 rings (SSSR count). The Morgan fingerprint density at radius 3 is 1.67 bits per heavy atom. The maximum absolute atomic E-state index is 13.5. The second-order valence-electron chi connectivity index (χ2n) is 3.22. The van der Waals surface area contributed by atoms with E-state index in [9.17, 15) is 17.6 Å². The van der Waals surface area contributed by atoms with E-state index in [0.29, 0.717) is 0 Å². The Kier molecular flexibility index (Phi) is 6.42. The molecule has 0 amide bonds. The molecule has 0 unspecified atom stereocenters. The monoisotopic (exact) mass is 344 g/mol. The van der Waals surface area contributed by atoms with Crippen molar-refractivity contribution < 1.29 is 52.0 Å². The molecule has 0 saturated heterocycles. The third kappa shape index (κ3) is 3.38. The molecule has 0 N–H and O–H groups in total. The van der Waals surface area contributed by atoms with Crippen LogP contribution in [0.1, 0.15) is 11.1 Å². The van der Waals surface area contributed by atoms with Gasteiger partial charge in [-0.05, 0) is 0 Å². The first-order valence-electron chi connectivity index (χ1n) is 4.77. The minimum atomic E-state index is -1.66. The van der Waals surface area contributed by atoms with Crippen LogP contribution >= 0.6 is 0 Å². The van der Waals surface area contributed by atoms with Gasteiger partial charge in [0, 0.05) is 0 Å². The summed E-state index contributed by atoms with van der Waals surface area (Å²) in [6.45, 7) is -1.11. The molecule has 8 heteroatoms. The summed E-state index contributed by atoms with van der Waals surface area (Å²) in [5.41, 5.74) is -1.55. The number of hydrogen-bond donors (Lipinski definition) is 0. The Labute approximate surface area is 114 Å². The van der Waals surface area contributed by atoms with Crippen LogP contribution in [0.25, 0.3) is 0 Å². The van der Waals surface area contributed by atoms with Crippen molar-refractivity contribution in [3.05, 3.63) is 34.4 Å². The van der Waals surface area contributed by atoms with E-state index in [2.05, 4.69) is 7.55 Å². The van der Waals surface area contributed by atoms with Crippen molar-refractivity contribution >= 4 is 0 Å². The van der Waals surface area contributed by atoms with Crippen molar-refractivity contribution in [3.63, 3.8) is 0 Å². The molecule has 1 aromatic rings. The quantitative estimate of drug-likeness (QED) is 0.450. The summed E-state index contributed by atoms with van der Waals surface area (Å²) in [6, 6.07) is 0. The third-order valence-corrected chi connectivity index (χ3v) is 3.15. The number of methoxy groups -OCH3 is 1. The fraction of sp³-hybridized carbons (Fsp3) is 0.400. The second-order valence-corrected chi connectivity index (χ2v) is 5.34. The average molecular weight is 345 g/mol. The third-order valence-electron chi connectivity index (χ3n) is 2.09. The summed E-state index contributed by atoms with van der Waals surface area (Å²) in [5.74, 6) is -5.85. The van der Waals surface area contributed by atoms with E-state index in [1.165, 1.54) is 7.11 Å². The number of halogens is 4. The fourth-order valence-electron chi connectivity index (χ4n) is 1.28. The predicted molar refractivity (Wildman–Crippen MR) is 48.8 cm³/mol. The van der Waals surface area contributed by atoms with Crippen molar-refractivity contribution in [2.45, 2.75) is 13.2 Å². The summed E-state index contributed by atoms with van der Waals surface area (Å²) in [5, 5.41) is 0. The normalized spacial score (nSPS) is 10.8. The zero-order chi connectivity index (χ0) is 13.7. The molecule has 18 heavy (non-hydrogen) atoms. The molecule has 0 aliphatic carbocycles. The van der Waals surface area contributed by atoms with E-state index in [-0.39, 0.29) is 0 Å².